The van der Waals surface area contributed by atoms with Crippen molar-refractivity contribution in [1.82, 2.24) is 0 Å². The maximum Gasteiger partial charge on any atom is 0.338 e. The molecule has 0 spiro atoms. The molecule has 18 heteroatoms. The number of thioether (sulfide) groups is 8. The molecule has 0 saturated heterocycles. The fourth-order valence-corrected chi connectivity index (χ4v) is 19.1. The Hall–Kier alpha value is -0.880. The predicted molar refractivity (Wildman–Crippen MR) is 281 cm³/mol. The van der Waals surface area contributed by atoms with Crippen LogP contribution in [0.1, 0.15) is 59.2 Å². The number of fused-ring (bicyclic) bond motifs is 12. The molecular weight excluding hydrogens is 1020 g/mol. The Morgan fingerprint density at radius 3 is 1.06 bits per heavy atom. The molecule has 13 heterocycles. The van der Waals surface area contributed by atoms with Gasteiger partial charge < -0.3 is 18.9 Å². The molecule has 0 aromatic heterocycles. The number of carbonyl (C=O) groups is 2. The van der Waals surface area contributed by atoms with Crippen LogP contribution < -0.4 is 19.9 Å². The lowest BCUT2D eigenvalue weighted by molar-refractivity contribution is 0.0437. The van der Waals surface area contributed by atoms with E-state index in [4.69, 9.17) is 65.4 Å². The average Bonchev–Trinajstić information content (AvgIpc) is 3.87. The van der Waals surface area contributed by atoms with Crippen LogP contribution in [0.2, 0.25) is 0 Å². The largest absolute Gasteiger partial charge is 0.490 e. The van der Waals surface area contributed by atoms with E-state index in [1.807, 2.05) is 94.1 Å². The summed E-state index contributed by atoms with van der Waals surface area (Å²) in [5.41, 5.74) is 0.713. The highest BCUT2D eigenvalue weighted by Gasteiger charge is 2.28. The van der Waals surface area contributed by atoms with Crippen LogP contribution in [-0.4, -0.2) is 72.1 Å². The maximum atomic E-state index is 12.9. The summed E-state index contributed by atoms with van der Waals surface area (Å²) >= 11 is 34.9. The van der Waals surface area contributed by atoms with E-state index in [0.717, 1.165) is 45.3 Å². The van der Waals surface area contributed by atoms with Gasteiger partial charge in [-0.3, -0.25) is 0 Å². The van der Waals surface area contributed by atoms with Gasteiger partial charge in [0.25, 0.3) is 0 Å². The van der Waals surface area contributed by atoms with Crippen LogP contribution in [0.25, 0.3) is 30.0 Å². The van der Waals surface area contributed by atoms with Gasteiger partial charge >= 0.3 is 11.9 Å². The van der Waals surface area contributed by atoms with Crippen molar-refractivity contribution in [3.05, 3.63) is 99.2 Å². The van der Waals surface area contributed by atoms with E-state index in [1.165, 1.54) is 85.2 Å². The topological polar surface area (TPSA) is 71.1 Å². The third-order valence-electron chi connectivity index (χ3n) is 9.58. The lowest BCUT2D eigenvalue weighted by atomic mass is 9.98. The van der Waals surface area contributed by atoms with Gasteiger partial charge in [-0.15, -0.1) is 93.5 Å². The highest BCUT2D eigenvalue weighted by molar-refractivity contribution is 8.46. The Balaban J connectivity index is 0.000000912. The zero-order valence-electron chi connectivity index (χ0n) is 33.3. The van der Waals surface area contributed by atoms with Crippen LogP contribution in [-0.2, 0) is 9.47 Å². The lowest BCUT2D eigenvalue weighted by Crippen LogP contribution is -2.18. The van der Waals surface area contributed by atoms with Gasteiger partial charge in [-0.1, -0.05) is 59.9 Å². The maximum absolute atomic E-state index is 12.9. The van der Waals surface area contributed by atoms with E-state index >= 15 is 0 Å². The molecule has 4 aromatic carbocycles. The van der Waals surface area contributed by atoms with Gasteiger partial charge in [0.15, 0.2) is 0 Å². The van der Waals surface area contributed by atoms with Crippen molar-refractivity contribution in [3.8, 4) is 11.5 Å². The number of ether oxygens (including phenoxy) is 4. The summed E-state index contributed by atoms with van der Waals surface area (Å²) in [5, 5.41) is 7.45. The van der Waals surface area contributed by atoms with Crippen LogP contribution in [0.15, 0.2) is 77.6 Å². The monoisotopic (exact) mass is 1060 g/mol. The van der Waals surface area contributed by atoms with Crippen molar-refractivity contribution in [1.29, 1.82) is 0 Å². The number of esters is 2. The molecule has 13 aliphatic heterocycles. The zero-order chi connectivity index (χ0) is 43.3. The minimum Gasteiger partial charge on any atom is -0.490 e. The fourth-order valence-electron chi connectivity index (χ4n) is 6.83. The van der Waals surface area contributed by atoms with Crippen molar-refractivity contribution in [2.45, 2.75) is 38.5 Å². The van der Waals surface area contributed by atoms with Crippen LogP contribution in [0.5, 0.6) is 11.5 Å². The van der Waals surface area contributed by atoms with Crippen LogP contribution in [0.3, 0.4) is 0 Å². The normalized spacial score (nSPS) is 19.0. The van der Waals surface area contributed by atoms with E-state index < -0.39 is 11.9 Å². The second-order valence-corrected chi connectivity index (χ2v) is 25.2. The third kappa shape index (κ3) is 12.8. The highest BCUT2D eigenvalue weighted by Crippen LogP contribution is 2.60. The van der Waals surface area contributed by atoms with Crippen LogP contribution >= 0.6 is 140 Å². The van der Waals surface area contributed by atoms with Gasteiger partial charge in [0.1, 0.15) is 37.9 Å². The van der Waals surface area contributed by atoms with E-state index in [1.54, 1.807) is 24.3 Å². The number of benzene rings is 4. The minimum atomic E-state index is -0.473. The summed E-state index contributed by atoms with van der Waals surface area (Å²) in [7, 11) is 0. The average molecular weight is 1070 g/mol. The summed E-state index contributed by atoms with van der Waals surface area (Å²) in [5.74, 6) is 5.02. The Bertz CT molecular complexity index is 2240. The van der Waals surface area contributed by atoms with E-state index in [0.29, 0.717) is 11.1 Å². The molecule has 16 bridgehead atoms. The number of alkyl halides is 4. The van der Waals surface area contributed by atoms with Gasteiger partial charge in [-0.05, 0) is 131 Å². The predicted octanol–water partition coefficient (Wildman–Crippen LogP) is 14.3. The number of rotatable bonds is 0. The standard InChI is InChI=1S/C42H38O6S8.2CH2Cl2/c43-35-25-7-9-26(10-8-25)36(44)48-18-16-46-28-11-13-29-32(24-28)34-30-14-12-27(45-15-17-47-35)23-31(30)33(29)37-53-39-41(55-37)51-21-5-2-6-22-52-42-40(54-38(34)56-42)50-20-4-1-3-19-49-39;2*2-1-3/h7-14,23-24H,1-6,15-22H2;2*1H2. The molecule has 0 N–H and O–H groups in total. The first-order valence-electron chi connectivity index (χ1n) is 19.9. The minimum absolute atomic E-state index is 0.0885. The first-order chi connectivity index (χ1) is 30.4. The van der Waals surface area contributed by atoms with Crippen molar-refractivity contribution in [2.75, 3.05) is 60.1 Å². The highest BCUT2D eigenvalue weighted by atomic mass is 35.5. The molecule has 330 valence electrons. The molecule has 13 aliphatic rings. The Kier molecular flexibility index (Phi) is 20.0. The Morgan fingerprint density at radius 2 is 0.726 bits per heavy atom. The van der Waals surface area contributed by atoms with Crippen molar-refractivity contribution >= 4 is 182 Å². The SMILES string of the molecule is ClCCl.ClCCl.O=C1OCCOc2ccc3c4c5cc(ccc5c(c3c2)=C2SC3=C(SCCCCCSC5=C(SCCCCCS3)SC=4S5)S2)OCCOC(=O)c2ccc1cc2. The molecule has 0 aliphatic carbocycles. The fraction of sp³-hybridized carbons (Fsp3) is 0.364. The molecule has 0 saturated carbocycles. The number of hydrogen-bond donors (Lipinski definition) is 0. The Labute approximate surface area is 416 Å². The van der Waals surface area contributed by atoms with Gasteiger partial charge in [-0.25, -0.2) is 9.59 Å². The summed E-state index contributed by atoms with van der Waals surface area (Å²) in [6.45, 7) is 0.585. The van der Waals surface area contributed by atoms with Crippen molar-refractivity contribution in [3.63, 3.8) is 0 Å². The summed E-state index contributed by atoms with van der Waals surface area (Å²) < 4.78 is 32.1. The molecule has 0 fully saturated rings. The summed E-state index contributed by atoms with van der Waals surface area (Å²) in [4.78, 5) is 25.7. The van der Waals surface area contributed by atoms with E-state index in [9.17, 15) is 9.59 Å². The van der Waals surface area contributed by atoms with Gasteiger partial charge in [-0.2, -0.15) is 0 Å². The second-order valence-electron chi connectivity index (χ2n) is 13.6. The van der Waals surface area contributed by atoms with Crippen LogP contribution in [0, 0.1) is 0 Å². The first-order valence-corrected chi connectivity index (χ1v) is 29.2. The van der Waals surface area contributed by atoms with Crippen molar-refractivity contribution < 1.29 is 28.5 Å². The second kappa shape index (κ2) is 25.3. The summed E-state index contributed by atoms with van der Waals surface area (Å²) in [6.07, 6.45) is 7.37. The molecular formula is C44H42Cl4O6S8. The van der Waals surface area contributed by atoms with E-state index in [2.05, 4.69) is 36.4 Å². The van der Waals surface area contributed by atoms with Gasteiger partial charge in [0.2, 0.25) is 0 Å². The number of carbonyl (C=O) groups excluding carboxylic acids is 2. The summed E-state index contributed by atoms with van der Waals surface area (Å²) in [6, 6.07) is 19.2. The third-order valence-corrected chi connectivity index (χ3v) is 21.0. The molecule has 17 rings (SSSR count). The molecule has 6 nitrogen and oxygen atoms in total. The molecule has 0 amide bonds. The number of halogens is 4. The molecule has 0 unspecified atom stereocenters. The molecule has 4 aromatic rings. The number of hydrogen-bond acceptors (Lipinski definition) is 14. The zero-order valence-corrected chi connectivity index (χ0v) is 42.9. The molecule has 0 atom stereocenters. The molecule has 0 radical (unpaired) electrons. The van der Waals surface area contributed by atoms with Gasteiger partial charge in [0, 0.05) is 10.4 Å². The van der Waals surface area contributed by atoms with Gasteiger partial charge in [0.05, 0.1) is 47.2 Å². The Morgan fingerprint density at radius 1 is 0.403 bits per heavy atom. The smallest absolute Gasteiger partial charge is 0.338 e. The van der Waals surface area contributed by atoms with Crippen LogP contribution in [0.4, 0.5) is 0 Å². The first kappa shape index (κ1) is 49.0. The van der Waals surface area contributed by atoms with Crippen molar-refractivity contribution in [2.24, 2.45) is 0 Å². The quantitative estimate of drug-likeness (QED) is 0.0953. The lowest BCUT2D eigenvalue weighted by Gasteiger charge is -2.15. The van der Waals surface area contributed by atoms with E-state index in [-0.39, 0.29) is 37.1 Å². The molecule has 62 heavy (non-hydrogen) atoms.